The summed E-state index contributed by atoms with van der Waals surface area (Å²) < 4.78 is 103. The van der Waals surface area contributed by atoms with Gasteiger partial charge in [-0.2, -0.15) is 26.3 Å². The highest BCUT2D eigenvalue weighted by Gasteiger charge is 2.44. The molecular weight excluding hydrogens is 650 g/mol. The normalized spacial score (nSPS) is 18.5. The summed E-state index contributed by atoms with van der Waals surface area (Å²) in [4.78, 5) is 37.3. The second-order valence-electron chi connectivity index (χ2n) is 11.4. The number of hydrogen-bond acceptors (Lipinski definition) is 9. The number of rotatable bonds is 10. The molecule has 0 radical (unpaired) electrons. The van der Waals surface area contributed by atoms with Crippen LogP contribution >= 0.6 is 0 Å². The minimum Gasteiger partial charge on any atom is -0.496 e. The first-order chi connectivity index (χ1) is 22.6. The van der Waals surface area contributed by atoms with Crippen molar-refractivity contribution < 1.29 is 54.9 Å². The van der Waals surface area contributed by atoms with Crippen molar-refractivity contribution in [3.05, 3.63) is 70.5 Å². The molecule has 0 saturated carbocycles. The Hall–Kier alpha value is -4.60. The van der Waals surface area contributed by atoms with Gasteiger partial charge in [-0.1, -0.05) is 6.07 Å². The van der Waals surface area contributed by atoms with Crippen molar-refractivity contribution >= 4 is 18.0 Å². The van der Waals surface area contributed by atoms with Gasteiger partial charge in [0.25, 0.3) is 0 Å². The number of halogens is 6. The molecule has 2 saturated heterocycles. The van der Waals surface area contributed by atoms with Gasteiger partial charge in [0.1, 0.15) is 11.9 Å². The lowest BCUT2D eigenvalue weighted by Crippen LogP contribution is -2.52. The molecule has 258 valence electrons. The Labute approximate surface area is 271 Å². The lowest BCUT2D eigenvalue weighted by molar-refractivity contribution is -0.143. The number of carbonyl (C=O) groups is 2. The van der Waals surface area contributed by atoms with Crippen LogP contribution in [0.5, 0.6) is 5.75 Å². The number of methoxy groups -OCH3 is 3. The average Bonchev–Trinajstić information content (AvgIpc) is 3.30. The smallest absolute Gasteiger partial charge is 0.416 e. The van der Waals surface area contributed by atoms with Gasteiger partial charge in [0.05, 0.1) is 49.7 Å². The van der Waals surface area contributed by atoms with Gasteiger partial charge in [-0.05, 0) is 54.8 Å². The molecule has 10 nitrogen and oxygen atoms in total. The zero-order valence-corrected chi connectivity index (χ0v) is 26.3. The summed E-state index contributed by atoms with van der Waals surface area (Å²) in [5.74, 6) is 0.354. The van der Waals surface area contributed by atoms with Gasteiger partial charge in [0.15, 0.2) is 0 Å². The molecule has 48 heavy (non-hydrogen) atoms. The Morgan fingerprint density at radius 1 is 0.979 bits per heavy atom. The number of anilines is 1. The fourth-order valence-corrected chi connectivity index (χ4v) is 5.59. The van der Waals surface area contributed by atoms with Gasteiger partial charge >= 0.3 is 24.4 Å². The third-order valence-corrected chi connectivity index (χ3v) is 8.37. The maximum atomic E-state index is 13.6. The molecular formula is C32H32F6N4O6. The first kappa shape index (κ1) is 34.7. The summed E-state index contributed by atoms with van der Waals surface area (Å²) in [6, 6.07) is 5.40. The number of amides is 1. The molecule has 2 atom stereocenters. The number of esters is 1. The maximum absolute atomic E-state index is 13.6. The van der Waals surface area contributed by atoms with Gasteiger partial charge in [0, 0.05) is 43.9 Å². The number of benzene rings is 2. The number of alkyl halides is 6. The highest BCUT2D eigenvalue weighted by atomic mass is 19.4. The molecule has 0 aliphatic carbocycles. The average molecular weight is 683 g/mol. The van der Waals surface area contributed by atoms with Crippen molar-refractivity contribution in [1.29, 1.82) is 0 Å². The van der Waals surface area contributed by atoms with Crippen LogP contribution in [0.1, 0.15) is 47.4 Å². The molecule has 16 heteroatoms. The molecule has 1 aromatic heterocycles. The molecule has 2 aliphatic rings. The standard InChI is InChI=1S/C32H32F6N4O6/c1-17-28(19-10-20(31(33,34)35)12-21(11-19)32(36,37)38)48-30(44)42(17)16-25-24(13-39-29(40-25)41-14-22(15-41)45-2)23-9-18(5-7-26(23)46-3)6-8-27(43)47-4/h5,7,9-13,17,22,28H,6,8,14-16H2,1-4H3. The van der Waals surface area contributed by atoms with E-state index in [1.165, 1.54) is 26.0 Å². The van der Waals surface area contributed by atoms with E-state index in [0.29, 0.717) is 60.2 Å². The summed E-state index contributed by atoms with van der Waals surface area (Å²) in [6.07, 6.45) is -10.6. The number of cyclic esters (lactones) is 1. The summed E-state index contributed by atoms with van der Waals surface area (Å²) in [5.41, 5.74) is -1.43. The lowest BCUT2D eigenvalue weighted by atomic mass is 9.97. The zero-order chi connectivity index (χ0) is 35.0. The van der Waals surface area contributed by atoms with Crippen LogP contribution in [-0.2, 0) is 44.3 Å². The van der Waals surface area contributed by atoms with E-state index in [0.717, 1.165) is 5.56 Å². The summed E-state index contributed by atoms with van der Waals surface area (Å²) in [7, 11) is 4.33. The molecule has 5 rings (SSSR count). The molecule has 3 aromatic rings. The van der Waals surface area contributed by atoms with Crippen LogP contribution in [0.3, 0.4) is 0 Å². The van der Waals surface area contributed by atoms with Crippen molar-refractivity contribution in [3.63, 3.8) is 0 Å². The van der Waals surface area contributed by atoms with Crippen LogP contribution in [0, 0.1) is 0 Å². The van der Waals surface area contributed by atoms with Crippen LogP contribution in [0.15, 0.2) is 42.6 Å². The highest BCUT2D eigenvalue weighted by Crippen LogP contribution is 2.42. The van der Waals surface area contributed by atoms with Crippen molar-refractivity contribution in [1.82, 2.24) is 14.9 Å². The summed E-state index contributed by atoms with van der Waals surface area (Å²) >= 11 is 0. The van der Waals surface area contributed by atoms with E-state index in [4.69, 9.17) is 23.9 Å². The van der Waals surface area contributed by atoms with Crippen LogP contribution in [0.2, 0.25) is 0 Å². The third-order valence-electron chi connectivity index (χ3n) is 8.37. The molecule has 0 spiro atoms. The SMILES string of the molecule is COC(=O)CCc1ccc(OC)c(-c2cnc(N3CC(OC)C3)nc2CN2C(=O)OC(c3cc(C(F)(F)F)cc(C(F)(F)F)c3)C2C)c1. The Morgan fingerprint density at radius 2 is 1.65 bits per heavy atom. The van der Waals surface area contributed by atoms with Gasteiger partial charge in [-0.25, -0.2) is 14.8 Å². The Balaban J connectivity index is 1.53. The molecule has 1 amide bonds. The first-order valence-electron chi connectivity index (χ1n) is 14.8. The lowest BCUT2D eigenvalue weighted by Gasteiger charge is -2.38. The summed E-state index contributed by atoms with van der Waals surface area (Å²) in [5, 5.41) is 0. The minimum atomic E-state index is -5.07. The number of ether oxygens (including phenoxy) is 4. The van der Waals surface area contributed by atoms with E-state index in [1.807, 2.05) is 4.90 Å². The Kier molecular flexibility index (Phi) is 9.76. The van der Waals surface area contributed by atoms with E-state index in [9.17, 15) is 35.9 Å². The summed E-state index contributed by atoms with van der Waals surface area (Å²) in [6.45, 7) is 2.24. The van der Waals surface area contributed by atoms with Gasteiger partial charge in [0.2, 0.25) is 5.95 Å². The van der Waals surface area contributed by atoms with Crippen molar-refractivity contribution in [2.24, 2.45) is 0 Å². The van der Waals surface area contributed by atoms with E-state index in [-0.39, 0.29) is 25.1 Å². The molecule has 2 aromatic carbocycles. The Bertz CT molecular complexity index is 1650. The van der Waals surface area contributed by atoms with Crippen LogP contribution < -0.4 is 9.64 Å². The van der Waals surface area contributed by atoms with Crippen molar-refractivity contribution in [2.75, 3.05) is 39.3 Å². The molecule has 3 heterocycles. The molecule has 2 unspecified atom stereocenters. The largest absolute Gasteiger partial charge is 0.496 e. The van der Waals surface area contributed by atoms with Crippen LogP contribution in [0.25, 0.3) is 11.1 Å². The van der Waals surface area contributed by atoms with Crippen molar-refractivity contribution in [3.8, 4) is 16.9 Å². The topological polar surface area (TPSA) is 103 Å². The van der Waals surface area contributed by atoms with Crippen LogP contribution in [0.4, 0.5) is 37.1 Å². The minimum absolute atomic E-state index is 0.0218. The number of aryl methyl sites for hydroxylation is 1. The third kappa shape index (κ3) is 7.27. The quantitative estimate of drug-likeness (QED) is 0.182. The molecule has 0 bridgehead atoms. The monoisotopic (exact) mass is 682 g/mol. The zero-order valence-electron chi connectivity index (χ0n) is 26.3. The second-order valence-corrected chi connectivity index (χ2v) is 11.4. The molecule has 2 fully saturated rings. The van der Waals surface area contributed by atoms with E-state index in [1.54, 1.807) is 31.5 Å². The Morgan fingerprint density at radius 3 is 2.23 bits per heavy atom. The number of hydrogen-bond donors (Lipinski definition) is 0. The predicted octanol–water partition coefficient (Wildman–Crippen LogP) is 6.21. The number of carbonyl (C=O) groups excluding carboxylic acids is 2. The number of aromatic nitrogens is 2. The number of nitrogens with zero attached hydrogens (tertiary/aromatic N) is 4. The van der Waals surface area contributed by atoms with Crippen molar-refractivity contribution in [2.45, 2.75) is 56.9 Å². The fraction of sp³-hybridized carbons (Fsp3) is 0.438. The molecule has 0 N–H and O–H groups in total. The van der Waals surface area contributed by atoms with E-state index >= 15 is 0 Å². The highest BCUT2D eigenvalue weighted by molar-refractivity contribution is 5.75. The van der Waals surface area contributed by atoms with Gasteiger partial charge < -0.3 is 23.8 Å². The van der Waals surface area contributed by atoms with Crippen LogP contribution in [-0.4, -0.2) is 73.5 Å². The second kappa shape index (κ2) is 13.5. The molecule has 2 aliphatic heterocycles. The van der Waals surface area contributed by atoms with Gasteiger partial charge in [-0.3, -0.25) is 9.69 Å². The van der Waals surface area contributed by atoms with E-state index < -0.39 is 53.3 Å². The van der Waals surface area contributed by atoms with Gasteiger partial charge in [-0.15, -0.1) is 0 Å². The first-order valence-corrected chi connectivity index (χ1v) is 14.8. The fourth-order valence-electron chi connectivity index (χ4n) is 5.59. The predicted molar refractivity (Wildman–Crippen MR) is 158 cm³/mol. The van der Waals surface area contributed by atoms with E-state index in [2.05, 4.69) is 4.98 Å². The maximum Gasteiger partial charge on any atom is 0.416 e.